The number of benzene rings is 2. The molecule has 2 aromatic rings. The van der Waals surface area contributed by atoms with Crippen molar-refractivity contribution in [1.82, 2.24) is 15.5 Å². The van der Waals surface area contributed by atoms with Gasteiger partial charge in [0, 0.05) is 30.1 Å². The van der Waals surface area contributed by atoms with Crippen LogP contribution in [0, 0.1) is 0 Å². The predicted molar refractivity (Wildman–Crippen MR) is 161 cm³/mol. The predicted octanol–water partition coefficient (Wildman–Crippen LogP) is 4.71. The number of rotatable bonds is 10. The fraction of sp³-hybridized carbons (Fsp3) is 0.452. The molecule has 0 unspecified atom stereocenters. The third kappa shape index (κ3) is 6.64. The highest BCUT2D eigenvalue weighted by Gasteiger charge is 2.42. The van der Waals surface area contributed by atoms with Crippen LogP contribution in [0.15, 0.2) is 58.5 Å². The van der Waals surface area contributed by atoms with Gasteiger partial charge in [-0.05, 0) is 43.9 Å². The van der Waals surface area contributed by atoms with E-state index in [2.05, 4.69) is 10.6 Å². The Bertz CT molecular complexity index is 1350. The SMILES string of the molecule is CC[C@@H](SC1=Nc2ccccc2C2=N[C@@H](CCC(=O)NCc3ccccc3OC)C(=O)N12)C(=O)NC1CCCCC1. The zero-order valence-corrected chi connectivity index (χ0v) is 24.4. The number of nitrogens with zero attached hydrogens (tertiary/aromatic N) is 3. The Morgan fingerprint density at radius 3 is 2.63 bits per heavy atom. The Labute approximate surface area is 245 Å². The number of amidine groups is 2. The molecule has 1 aliphatic carbocycles. The second-order valence-electron chi connectivity index (χ2n) is 10.5. The summed E-state index contributed by atoms with van der Waals surface area (Å²) < 4.78 is 5.36. The quantitative estimate of drug-likeness (QED) is 0.426. The number of fused-ring (bicyclic) bond motifs is 3. The number of hydrogen-bond donors (Lipinski definition) is 2. The monoisotopic (exact) mass is 575 g/mol. The molecule has 0 bridgehead atoms. The van der Waals surface area contributed by atoms with Gasteiger partial charge >= 0.3 is 0 Å². The van der Waals surface area contributed by atoms with Crippen LogP contribution in [0.25, 0.3) is 0 Å². The van der Waals surface area contributed by atoms with Crippen LogP contribution in [0.2, 0.25) is 0 Å². The van der Waals surface area contributed by atoms with Crippen molar-refractivity contribution in [3.63, 3.8) is 0 Å². The van der Waals surface area contributed by atoms with E-state index < -0.39 is 6.04 Å². The lowest BCUT2D eigenvalue weighted by molar-refractivity contribution is -0.125. The van der Waals surface area contributed by atoms with Crippen LogP contribution in [0.5, 0.6) is 5.75 Å². The maximum atomic E-state index is 13.7. The van der Waals surface area contributed by atoms with Crippen LogP contribution in [-0.2, 0) is 20.9 Å². The molecular formula is C31H37N5O4S. The van der Waals surface area contributed by atoms with E-state index in [4.69, 9.17) is 14.7 Å². The molecule has 9 nitrogen and oxygen atoms in total. The molecule has 10 heteroatoms. The van der Waals surface area contributed by atoms with Gasteiger partial charge in [-0.3, -0.25) is 19.4 Å². The van der Waals surface area contributed by atoms with Crippen molar-refractivity contribution >= 4 is 46.2 Å². The molecule has 0 saturated heterocycles. The molecule has 2 aliphatic heterocycles. The molecule has 2 N–H and O–H groups in total. The average molecular weight is 576 g/mol. The molecule has 216 valence electrons. The van der Waals surface area contributed by atoms with Gasteiger partial charge in [-0.15, -0.1) is 0 Å². The fourth-order valence-electron chi connectivity index (χ4n) is 5.46. The first-order valence-electron chi connectivity index (χ1n) is 14.4. The van der Waals surface area contributed by atoms with E-state index in [1.165, 1.54) is 18.2 Å². The Balaban J connectivity index is 1.26. The highest BCUT2D eigenvalue weighted by atomic mass is 32.2. The van der Waals surface area contributed by atoms with Crippen LogP contribution in [0.4, 0.5) is 5.69 Å². The standard InChI is InChI=1S/C31H37N5O4S/c1-3-26(29(38)33-21-12-5-4-6-13-21)41-31-35-23-15-9-8-14-22(23)28-34-24(30(39)36(28)31)17-18-27(37)32-19-20-11-7-10-16-25(20)40-2/h7-11,14-16,21,24,26H,3-6,12-13,17-19H2,1-2H3,(H,32,37)(H,33,38)/t24-,26+/m0/s1. The molecule has 0 spiro atoms. The van der Waals surface area contributed by atoms with Crippen molar-refractivity contribution in [2.24, 2.45) is 9.98 Å². The lowest BCUT2D eigenvalue weighted by Crippen LogP contribution is -2.45. The molecule has 2 atom stereocenters. The van der Waals surface area contributed by atoms with Gasteiger partial charge in [0.2, 0.25) is 11.8 Å². The largest absolute Gasteiger partial charge is 0.496 e. The highest BCUT2D eigenvalue weighted by molar-refractivity contribution is 8.15. The Kier molecular flexibility index (Phi) is 9.38. The molecule has 2 heterocycles. The summed E-state index contributed by atoms with van der Waals surface area (Å²) in [5.74, 6) is 0.843. The second-order valence-corrected chi connectivity index (χ2v) is 11.7. The van der Waals surface area contributed by atoms with Crippen LogP contribution < -0.4 is 15.4 Å². The lowest BCUT2D eigenvalue weighted by atomic mass is 9.95. The van der Waals surface area contributed by atoms with Crippen molar-refractivity contribution in [2.45, 2.75) is 82.2 Å². The van der Waals surface area contributed by atoms with E-state index >= 15 is 0 Å². The van der Waals surface area contributed by atoms with Crippen LogP contribution >= 0.6 is 11.8 Å². The Morgan fingerprint density at radius 2 is 1.85 bits per heavy atom. The van der Waals surface area contributed by atoms with E-state index in [1.807, 2.05) is 55.5 Å². The second kappa shape index (κ2) is 13.3. The summed E-state index contributed by atoms with van der Waals surface area (Å²) >= 11 is 1.31. The number of ether oxygens (including phenoxy) is 1. The minimum Gasteiger partial charge on any atom is -0.496 e. The summed E-state index contributed by atoms with van der Waals surface area (Å²) in [6.07, 6.45) is 6.55. The molecule has 41 heavy (non-hydrogen) atoms. The van der Waals surface area contributed by atoms with Gasteiger partial charge in [0.25, 0.3) is 5.91 Å². The first-order chi connectivity index (χ1) is 20.0. The van der Waals surface area contributed by atoms with Crippen molar-refractivity contribution in [3.05, 3.63) is 59.7 Å². The summed E-state index contributed by atoms with van der Waals surface area (Å²) in [6, 6.07) is 14.6. The van der Waals surface area contributed by atoms with E-state index in [0.717, 1.165) is 42.5 Å². The topological polar surface area (TPSA) is 112 Å². The maximum absolute atomic E-state index is 13.7. The molecule has 1 fully saturated rings. The average Bonchev–Trinajstić information content (AvgIpc) is 3.34. The van der Waals surface area contributed by atoms with Gasteiger partial charge in [0.15, 0.2) is 5.17 Å². The van der Waals surface area contributed by atoms with E-state index in [0.29, 0.717) is 29.7 Å². The highest BCUT2D eigenvalue weighted by Crippen LogP contribution is 2.36. The molecule has 2 aromatic carbocycles. The van der Waals surface area contributed by atoms with Gasteiger partial charge in [-0.1, -0.05) is 68.3 Å². The summed E-state index contributed by atoms with van der Waals surface area (Å²) in [6.45, 7) is 2.31. The fourth-order valence-corrected chi connectivity index (χ4v) is 6.49. The maximum Gasteiger partial charge on any atom is 0.259 e. The normalized spacial score (nSPS) is 19.0. The van der Waals surface area contributed by atoms with Crippen molar-refractivity contribution < 1.29 is 19.1 Å². The molecule has 0 aromatic heterocycles. The number of carbonyl (C=O) groups is 3. The van der Waals surface area contributed by atoms with E-state index in [-0.39, 0.29) is 41.9 Å². The van der Waals surface area contributed by atoms with Crippen LogP contribution in [0.3, 0.4) is 0 Å². The molecular weight excluding hydrogens is 538 g/mol. The molecule has 5 rings (SSSR count). The van der Waals surface area contributed by atoms with Crippen molar-refractivity contribution in [3.8, 4) is 5.75 Å². The van der Waals surface area contributed by atoms with Crippen molar-refractivity contribution in [2.75, 3.05) is 7.11 Å². The van der Waals surface area contributed by atoms with Gasteiger partial charge in [0.1, 0.15) is 17.6 Å². The van der Waals surface area contributed by atoms with E-state index in [1.54, 1.807) is 12.0 Å². The number of amides is 3. The third-order valence-corrected chi connectivity index (χ3v) is 9.04. The number of carbonyl (C=O) groups excluding carboxylic acids is 3. The third-order valence-electron chi connectivity index (χ3n) is 7.72. The summed E-state index contributed by atoms with van der Waals surface area (Å²) in [5, 5.41) is 6.22. The molecule has 1 saturated carbocycles. The molecule has 0 radical (unpaired) electrons. The van der Waals surface area contributed by atoms with E-state index in [9.17, 15) is 14.4 Å². The summed E-state index contributed by atoms with van der Waals surface area (Å²) in [5.41, 5.74) is 2.37. The Morgan fingerprint density at radius 1 is 1.10 bits per heavy atom. The van der Waals surface area contributed by atoms with Crippen molar-refractivity contribution in [1.29, 1.82) is 0 Å². The van der Waals surface area contributed by atoms with Gasteiger partial charge in [-0.25, -0.2) is 9.89 Å². The number of hydrogen-bond acceptors (Lipinski definition) is 7. The zero-order valence-electron chi connectivity index (χ0n) is 23.6. The molecule has 3 aliphatic rings. The number of aliphatic imine (C=N–C) groups is 2. The van der Waals surface area contributed by atoms with Crippen LogP contribution in [-0.4, -0.2) is 58.1 Å². The Hall–Kier alpha value is -3.66. The van der Waals surface area contributed by atoms with Gasteiger partial charge < -0.3 is 15.4 Å². The number of para-hydroxylation sites is 2. The minimum absolute atomic E-state index is 0.0145. The zero-order chi connectivity index (χ0) is 28.8. The smallest absolute Gasteiger partial charge is 0.259 e. The van der Waals surface area contributed by atoms with Crippen LogP contribution in [0.1, 0.15) is 69.4 Å². The van der Waals surface area contributed by atoms with Gasteiger partial charge in [-0.2, -0.15) is 0 Å². The number of thioether (sulfide) groups is 1. The summed E-state index contributed by atoms with van der Waals surface area (Å²) in [4.78, 5) is 50.7. The number of methoxy groups -OCH3 is 1. The van der Waals surface area contributed by atoms with Gasteiger partial charge in [0.05, 0.1) is 18.0 Å². The molecule has 3 amide bonds. The lowest BCUT2D eigenvalue weighted by Gasteiger charge is -2.29. The first-order valence-corrected chi connectivity index (χ1v) is 15.3. The first kappa shape index (κ1) is 28.9. The number of nitrogens with one attached hydrogen (secondary N) is 2. The minimum atomic E-state index is -0.699. The summed E-state index contributed by atoms with van der Waals surface area (Å²) in [7, 11) is 1.60.